The van der Waals surface area contributed by atoms with Crippen LogP contribution in [0.3, 0.4) is 0 Å². The van der Waals surface area contributed by atoms with Crippen molar-refractivity contribution in [1.29, 1.82) is 5.26 Å². The van der Waals surface area contributed by atoms with E-state index in [1.54, 1.807) is 24.3 Å². The summed E-state index contributed by atoms with van der Waals surface area (Å²) < 4.78 is 10.8. The van der Waals surface area contributed by atoms with Crippen molar-refractivity contribution in [3.8, 4) is 28.8 Å². The Labute approximate surface area is 161 Å². The third-order valence-corrected chi connectivity index (χ3v) is 4.33. The van der Waals surface area contributed by atoms with E-state index in [1.807, 2.05) is 31.2 Å². The number of ether oxygens (including phenoxy) is 2. The second-order valence-corrected chi connectivity index (χ2v) is 6.12. The molecule has 28 heavy (non-hydrogen) atoms. The number of benzene rings is 2. The van der Waals surface area contributed by atoms with E-state index < -0.39 is 6.03 Å². The van der Waals surface area contributed by atoms with Gasteiger partial charge in [0, 0.05) is 11.3 Å². The molecule has 0 fully saturated rings. The molecular formula is C20H17N5O3. The Balaban J connectivity index is 1.59. The first-order valence-electron chi connectivity index (χ1n) is 8.73. The first kappa shape index (κ1) is 17.4. The highest BCUT2D eigenvalue weighted by atomic mass is 16.7. The Kier molecular flexibility index (Phi) is 4.56. The quantitative estimate of drug-likeness (QED) is 0.640. The van der Waals surface area contributed by atoms with Gasteiger partial charge in [0.05, 0.1) is 23.0 Å². The van der Waals surface area contributed by atoms with Crippen molar-refractivity contribution in [1.82, 2.24) is 10.2 Å². The molecule has 0 saturated heterocycles. The molecule has 0 radical (unpaired) electrons. The van der Waals surface area contributed by atoms with Crippen LogP contribution in [0, 0.1) is 11.3 Å². The number of aromatic nitrogens is 2. The van der Waals surface area contributed by atoms with Crippen LogP contribution >= 0.6 is 0 Å². The molecule has 2 amide bonds. The Hall–Kier alpha value is -3.99. The fourth-order valence-electron chi connectivity index (χ4n) is 2.96. The molecule has 0 saturated carbocycles. The summed E-state index contributed by atoms with van der Waals surface area (Å²) in [6.45, 7) is 2.16. The standard InChI is InChI=1S/C20H17N5O3/c1-2-15-19(23-20(26)22-14-5-3-4-12(8-14)10-21)18(25-24-15)13-6-7-16-17(9-13)28-11-27-16/h3-9H,2,11H2,1H3,(H,24,25)(H2,22,23,26). The van der Waals surface area contributed by atoms with Gasteiger partial charge in [-0.15, -0.1) is 0 Å². The van der Waals surface area contributed by atoms with Crippen LogP contribution in [0.4, 0.5) is 16.2 Å². The molecule has 3 N–H and O–H groups in total. The van der Waals surface area contributed by atoms with Gasteiger partial charge in [-0.3, -0.25) is 5.10 Å². The van der Waals surface area contributed by atoms with E-state index >= 15 is 0 Å². The van der Waals surface area contributed by atoms with Gasteiger partial charge in [-0.1, -0.05) is 13.0 Å². The van der Waals surface area contributed by atoms with Crippen LogP contribution in [0.15, 0.2) is 42.5 Å². The Bertz CT molecular complexity index is 1080. The largest absolute Gasteiger partial charge is 0.454 e. The fourth-order valence-corrected chi connectivity index (χ4v) is 2.96. The molecule has 0 atom stereocenters. The zero-order valence-corrected chi connectivity index (χ0v) is 15.1. The highest BCUT2D eigenvalue weighted by molar-refractivity contribution is 6.02. The molecule has 2 heterocycles. The molecule has 140 valence electrons. The summed E-state index contributed by atoms with van der Waals surface area (Å²) >= 11 is 0. The molecular weight excluding hydrogens is 358 g/mol. The van der Waals surface area contributed by atoms with Crippen molar-refractivity contribution in [3.63, 3.8) is 0 Å². The van der Waals surface area contributed by atoms with Crippen LogP contribution in [0.5, 0.6) is 11.5 Å². The average Bonchev–Trinajstić information content (AvgIpc) is 3.33. The highest BCUT2D eigenvalue weighted by Gasteiger charge is 2.20. The minimum atomic E-state index is -0.423. The van der Waals surface area contributed by atoms with E-state index in [1.165, 1.54) is 0 Å². The van der Waals surface area contributed by atoms with Gasteiger partial charge in [0.15, 0.2) is 11.5 Å². The van der Waals surface area contributed by atoms with Crippen LogP contribution in [-0.4, -0.2) is 23.0 Å². The predicted molar refractivity (Wildman–Crippen MR) is 103 cm³/mol. The molecule has 0 spiro atoms. The number of urea groups is 1. The molecule has 3 aromatic rings. The lowest BCUT2D eigenvalue weighted by molar-refractivity contribution is 0.174. The molecule has 1 aliphatic rings. The molecule has 2 aromatic carbocycles. The summed E-state index contributed by atoms with van der Waals surface area (Å²) in [5.74, 6) is 1.32. The number of rotatable bonds is 4. The second kappa shape index (κ2) is 7.32. The zero-order chi connectivity index (χ0) is 19.5. The number of nitrogens with zero attached hydrogens (tertiary/aromatic N) is 2. The van der Waals surface area contributed by atoms with Gasteiger partial charge in [-0.25, -0.2) is 4.79 Å². The number of nitrogens with one attached hydrogen (secondary N) is 3. The van der Waals surface area contributed by atoms with Crippen molar-refractivity contribution in [3.05, 3.63) is 53.7 Å². The number of aromatic amines is 1. The van der Waals surface area contributed by atoms with Gasteiger partial charge in [-0.05, 0) is 42.8 Å². The maximum atomic E-state index is 12.5. The van der Waals surface area contributed by atoms with Crippen molar-refractivity contribution < 1.29 is 14.3 Å². The maximum Gasteiger partial charge on any atom is 0.323 e. The summed E-state index contributed by atoms with van der Waals surface area (Å²) in [7, 11) is 0. The predicted octanol–water partition coefficient (Wildman–Crippen LogP) is 3.88. The van der Waals surface area contributed by atoms with E-state index in [9.17, 15) is 4.79 Å². The van der Waals surface area contributed by atoms with Crippen LogP contribution in [0.1, 0.15) is 18.2 Å². The normalized spacial score (nSPS) is 11.7. The van der Waals surface area contributed by atoms with E-state index in [0.29, 0.717) is 40.6 Å². The van der Waals surface area contributed by atoms with Gasteiger partial charge in [-0.2, -0.15) is 10.4 Å². The monoisotopic (exact) mass is 375 g/mol. The number of fused-ring (bicyclic) bond motifs is 1. The summed E-state index contributed by atoms with van der Waals surface area (Å²) in [6.07, 6.45) is 0.664. The highest BCUT2D eigenvalue weighted by Crippen LogP contribution is 2.38. The van der Waals surface area contributed by atoms with Crippen LogP contribution in [0.2, 0.25) is 0 Å². The third-order valence-electron chi connectivity index (χ3n) is 4.33. The first-order chi connectivity index (χ1) is 13.7. The number of carbonyl (C=O) groups excluding carboxylic acids is 1. The Morgan fingerprint density at radius 3 is 2.89 bits per heavy atom. The molecule has 1 aliphatic heterocycles. The van der Waals surface area contributed by atoms with Gasteiger partial charge >= 0.3 is 6.03 Å². The van der Waals surface area contributed by atoms with Gasteiger partial charge in [0.25, 0.3) is 0 Å². The lowest BCUT2D eigenvalue weighted by atomic mass is 10.1. The van der Waals surface area contributed by atoms with Crippen LogP contribution in [0.25, 0.3) is 11.3 Å². The number of anilines is 2. The molecule has 0 bridgehead atoms. The van der Waals surface area contributed by atoms with Crippen molar-refractivity contribution in [2.75, 3.05) is 17.4 Å². The zero-order valence-electron chi connectivity index (χ0n) is 15.1. The van der Waals surface area contributed by atoms with Crippen molar-refractivity contribution >= 4 is 17.4 Å². The third kappa shape index (κ3) is 3.33. The molecule has 0 aliphatic carbocycles. The number of aryl methyl sites for hydroxylation is 1. The number of H-pyrrole nitrogens is 1. The lowest BCUT2D eigenvalue weighted by Crippen LogP contribution is -2.20. The first-order valence-corrected chi connectivity index (χ1v) is 8.73. The summed E-state index contributed by atoms with van der Waals surface area (Å²) in [5.41, 5.74) is 3.79. The van der Waals surface area contributed by atoms with E-state index in [4.69, 9.17) is 14.7 Å². The van der Waals surface area contributed by atoms with E-state index in [2.05, 4.69) is 20.8 Å². The molecule has 4 rings (SSSR count). The average molecular weight is 375 g/mol. The van der Waals surface area contributed by atoms with E-state index in [0.717, 1.165) is 11.3 Å². The second-order valence-electron chi connectivity index (χ2n) is 6.12. The number of hydrogen-bond acceptors (Lipinski definition) is 5. The minimum Gasteiger partial charge on any atom is -0.454 e. The number of nitriles is 1. The van der Waals surface area contributed by atoms with Gasteiger partial charge in [0.2, 0.25) is 6.79 Å². The Morgan fingerprint density at radius 2 is 2.07 bits per heavy atom. The van der Waals surface area contributed by atoms with E-state index in [-0.39, 0.29) is 6.79 Å². The Morgan fingerprint density at radius 1 is 1.21 bits per heavy atom. The maximum absolute atomic E-state index is 12.5. The SMILES string of the molecule is CCc1[nH]nc(-c2ccc3c(c2)OCO3)c1NC(=O)Nc1cccc(C#N)c1. The lowest BCUT2D eigenvalue weighted by Gasteiger charge is -2.10. The van der Waals surface area contributed by atoms with Crippen LogP contribution in [-0.2, 0) is 6.42 Å². The summed E-state index contributed by atoms with van der Waals surface area (Å²) in [5, 5.41) is 21.9. The summed E-state index contributed by atoms with van der Waals surface area (Å²) in [6, 6.07) is 13.8. The molecule has 0 unspecified atom stereocenters. The van der Waals surface area contributed by atoms with Gasteiger partial charge in [0.1, 0.15) is 5.69 Å². The van der Waals surface area contributed by atoms with Crippen molar-refractivity contribution in [2.45, 2.75) is 13.3 Å². The molecule has 8 nitrogen and oxygen atoms in total. The molecule has 1 aromatic heterocycles. The smallest absolute Gasteiger partial charge is 0.323 e. The van der Waals surface area contributed by atoms with Gasteiger partial charge < -0.3 is 20.1 Å². The number of hydrogen-bond donors (Lipinski definition) is 3. The number of amides is 2. The summed E-state index contributed by atoms with van der Waals surface area (Å²) in [4.78, 5) is 12.5. The molecule has 8 heteroatoms. The minimum absolute atomic E-state index is 0.189. The van der Waals surface area contributed by atoms with Crippen LogP contribution < -0.4 is 20.1 Å². The fraction of sp³-hybridized carbons (Fsp3) is 0.150. The topological polar surface area (TPSA) is 112 Å². The number of carbonyl (C=O) groups is 1. The van der Waals surface area contributed by atoms with Crippen molar-refractivity contribution in [2.24, 2.45) is 0 Å².